The van der Waals surface area contributed by atoms with Gasteiger partial charge in [0.2, 0.25) is 0 Å². The van der Waals surface area contributed by atoms with E-state index in [-0.39, 0.29) is 29.3 Å². The van der Waals surface area contributed by atoms with E-state index in [1.54, 1.807) is 11.8 Å². The standard InChI is InChI=1S/C32H34O6S/c1-32(2)35-20-26-28(38-32)29(34-19-21-11-5-3-6-12-21)30(39-23-14-7-4-8-15-23)31(37-26)36-25-18-17-22-13-9-10-16-24(22)27(25)33/h3-16,25-26,28-31H,17-20H2,1-2H3/t25?,26-,28-,29+,30-,31-/m1/s1. The summed E-state index contributed by atoms with van der Waals surface area (Å²) in [6.45, 7) is 4.61. The van der Waals surface area contributed by atoms with E-state index in [1.807, 2.05) is 74.5 Å². The molecule has 0 saturated carbocycles. The molecule has 1 aliphatic carbocycles. The highest BCUT2D eigenvalue weighted by Crippen LogP contribution is 2.42. The van der Waals surface area contributed by atoms with Gasteiger partial charge in [-0.05, 0) is 49.9 Å². The van der Waals surface area contributed by atoms with E-state index in [2.05, 4.69) is 24.3 Å². The largest absolute Gasteiger partial charge is 0.369 e. The fourth-order valence-corrected chi connectivity index (χ4v) is 6.74. The molecule has 6 atom stereocenters. The van der Waals surface area contributed by atoms with Gasteiger partial charge in [-0.2, -0.15) is 0 Å². The van der Waals surface area contributed by atoms with Crippen molar-refractivity contribution in [2.24, 2.45) is 0 Å². The Morgan fingerprint density at radius 2 is 1.67 bits per heavy atom. The second kappa shape index (κ2) is 11.5. The molecule has 2 aliphatic heterocycles. The van der Waals surface area contributed by atoms with Gasteiger partial charge in [-0.3, -0.25) is 4.79 Å². The van der Waals surface area contributed by atoms with Crippen LogP contribution in [-0.4, -0.2) is 54.1 Å². The Kier molecular flexibility index (Phi) is 7.89. The van der Waals surface area contributed by atoms with E-state index < -0.39 is 18.2 Å². The van der Waals surface area contributed by atoms with Gasteiger partial charge in [-0.1, -0.05) is 72.8 Å². The molecule has 0 spiro atoms. The van der Waals surface area contributed by atoms with Crippen LogP contribution in [0.4, 0.5) is 0 Å². The third kappa shape index (κ3) is 5.99. The van der Waals surface area contributed by atoms with Gasteiger partial charge < -0.3 is 23.7 Å². The molecule has 3 aromatic carbocycles. The third-order valence-electron chi connectivity index (χ3n) is 7.46. The number of ketones is 1. The van der Waals surface area contributed by atoms with Crippen molar-refractivity contribution in [3.8, 4) is 0 Å². The highest BCUT2D eigenvalue weighted by atomic mass is 32.2. The summed E-state index contributed by atoms with van der Waals surface area (Å²) in [6.07, 6.45) is -0.989. The maximum atomic E-state index is 13.4. The summed E-state index contributed by atoms with van der Waals surface area (Å²) in [6, 6.07) is 28.1. The Balaban J connectivity index is 1.31. The van der Waals surface area contributed by atoms with Crippen molar-refractivity contribution in [2.45, 2.75) is 79.9 Å². The number of Topliss-reactive ketones (excluding diaryl/α,β-unsaturated/α-hetero) is 1. The molecule has 0 N–H and O–H groups in total. The molecule has 2 fully saturated rings. The Morgan fingerprint density at radius 3 is 2.46 bits per heavy atom. The minimum atomic E-state index is -0.766. The molecule has 6 rings (SSSR count). The van der Waals surface area contributed by atoms with Crippen LogP contribution in [0.2, 0.25) is 0 Å². The number of thioether (sulfide) groups is 1. The molecular formula is C32H34O6S. The number of hydrogen-bond acceptors (Lipinski definition) is 7. The van der Waals surface area contributed by atoms with Gasteiger partial charge in [0.15, 0.2) is 17.9 Å². The lowest BCUT2D eigenvalue weighted by atomic mass is 9.88. The molecule has 0 amide bonds. The van der Waals surface area contributed by atoms with Crippen LogP contribution in [0.25, 0.3) is 0 Å². The van der Waals surface area contributed by atoms with Gasteiger partial charge in [0, 0.05) is 10.5 Å². The van der Waals surface area contributed by atoms with Gasteiger partial charge in [0.1, 0.15) is 24.4 Å². The summed E-state index contributed by atoms with van der Waals surface area (Å²) in [5.74, 6) is -0.762. The average molecular weight is 547 g/mol. The lowest BCUT2D eigenvalue weighted by molar-refractivity contribution is -0.367. The smallest absolute Gasteiger partial charge is 0.191 e. The van der Waals surface area contributed by atoms with Crippen molar-refractivity contribution in [1.29, 1.82) is 0 Å². The Bertz CT molecular complexity index is 1270. The van der Waals surface area contributed by atoms with Crippen LogP contribution in [0.5, 0.6) is 0 Å². The summed E-state index contributed by atoms with van der Waals surface area (Å²) >= 11 is 1.64. The number of fused-ring (bicyclic) bond motifs is 2. The number of carbonyl (C=O) groups is 1. The number of benzene rings is 3. The summed E-state index contributed by atoms with van der Waals surface area (Å²) in [5, 5.41) is -0.281. The molecule has 2 heterocycles. The van der Waals surface area contributed by atoms with E-state index >= 15 is 0 Å². The van der Waals surface area contributed by atoms with Gasteiger partial charge in [0.05, 0.1) is 18.5 Å². The molecule has 0 bridgehead atoms. The zero-order valence-electron chi connectivity index (χ0n) is 22.2. The topological polar surface area (TPSA) is 63.2 Å². The van der Waals surface area contributed by atoms with Crippen LogP contribution in [0.15, 0.2) is 89.8 Å². The maximum Gasteiger partial charge on any atom is 0.191 e. The van der Waals surface area contributed by atoms with Crippen molar-refractivity contribution >= 4 is 17.5 Å². The Labute approximate surface area is 233 Å². The van der Waals surface area contributed by atoms with Crippen LogP contribution in [0.3, 0.4) is 0 Å². The van der Waals surface area contributed by atoms with Crippen molar-refractivity contribution in [3.05, 3.63) is 102 Å². The monoisotopic (exact) mass is 546 g/mol. The first-order valence-electron chi connectivity index (χ1n) is 13.6. The molecule has 7 heteroatoms. The number of carbonyl (C=O) groups excluding carboxylic acids is 1. The predicted octanol–water partition coefficient (Wildman–Crippen LogP) is 5.82. The molecular weight excluding hydrogens is 512 g/mol. The summed E-state index contributed by atoms with van der Waals surface area (Å²) in [5.41, 5.74) is 2.88. The number of hydrogen-bond donors (Lipinski definition) is 0. The van der Waals surface area contributed by atoms with Gasteiger partial charge in [-0.25, -0.2) is 0 Å². The molecule has 0 aromatic heterocycles. The molecule has 204 valence electrons. The first kappa shape index (κ1) is 26.7. The molecule has 1 unspecified atom stereocenters. The minimum absolute atomic E-state index is 0.00469. The van der Waals surface area contributed by atoms with Crippen LogP contribution >= 0.6 is 11.8 Å². The molecule has 6 nitrogen and oxygen atoms in total. The van der Waals surface area contributed by atoms with Crippen molar-refractivity contribution in [1.82, 2.24) is 0 Å². The molecule has 0 radical (unpaired) electrons. The molecule has 2 saturated heterocycles. The first-order valence-corrected chi connectivity index (χ1v) is 14.5. The zero-order chi connectivity index (χ0) is 26.8. The number of ether oxygens (including phenoxy) is 5. The Hall–Kier alpha value is -2.52. The van der Waals surface area contributed by atoms with Gasteiger partial charge >= 0.3 is 0 Å². The van der Waals surface area contributed by atoms with Crippen molar-refractivity contribution in [2.75, 3.05) is 6.61 Å². The van der Waals surface area contributed by atoms with Crippen molar-refractivity contribution in [3.63, 3.8) is 0 Å². The van der Waals surface area contributed by atoms with E-state index in [4.69, 9.17) is 23.7 Å². The minimum Gasteiger partial charge on any atom is -0.369 e. The van der Waals surface area contributed by atoms with E-state index in [1.165, 1.54) is 0 Å². The van der Waals surface area contributed by atoms with Gasteiger partial charge in [0.25, 0.3) is 0 Å². The van der Waals surface area contributed by atoms with Crippen LogP contribution in [-0.2, 0) is 36.7 Å². The van der Waals surface area contributed by atoms with Crippen molar-refractivity contribution < 1.29 is 28.5 Å². The van der Waals surface area contributed by atoms with Gasteiger partial charge in [-0.15, -0.1) is 11.8 Å². The first-order chi connectivity index (χ1) is 19.0. The molecule has 3 aliphatic rings. The second-order valence-electron chi connectivity index (χ2n) is 10.7. The zero-order valence-corrected chi connectivity index (χ0v) is 23.0. The maximum absolute atomic E-state index is 13.4. The normalized spacial score (nSPS) is 29.8. The van der Waals surface area contributed by atoms with E-state index in [9.17, 15) is 4.79 Å². The summed E-state index contributed by atoms with van der Waals surface area (Å²) in [7, 11) is 0. The summed E-state index contributed by atoms with van der Waals surface area (Å²) < 4.78 is 32.2. The van der Waals surface area contributed by atoms with E-state index in [0.717, 1.165) is 28.0 Å². The fourth-order valence-electron chi connectivity index (χ4n) is 5.51. The molecule has 39 heavy (non-hydrogen) atoms. The Morgan fingerprint density at radius 1 is 0.949 bits per heavy atom. The highest BCUT2D eigenvalue weighted by Gasteiger charge is 2.53. The third-order valence-corrected chi connectivity index (χ3v) is 8.76. The van der Waals surface area contributed by atoms with Crippen LogP contribution in [0.1, 0.15) is 41.8 Å². The highest BCUT2D eigenvalue weighted by molar-refractivity contribution is 8.00. The predicted molar refractivity (Wildman–Crippen MR) is 149 cm³/mol. The average Bonchev–Trinajstić information content (AvgIpc) is 2.95. The second-order valence-corrected chi connectivity index (χ2v) is 11.9. The molecule has 3 aromatic rings. The SMILES string of the molecule is CC1(C)OC[C@H]2O[C@@H](OC3CCc4ccccc4C3=O)[C@H](Sc3ccccc3)[C@@H](OCc3ccccc3)[C@@H]2O1. The quantitative estimate of drug-likeness (QED) is 0.370. The lowest BCUT2D eigenvalue weighted by Crippen LogP contribution is -2.65. The van der Waals surface area contributed by atoms with Crippen LogP contribution in [0, 0.1) is 0 Å². The number of rotatable bonds is 7. The summed E-state index contributed by atoms with van der Waals surface area (Å²) in [4.78, 5) is 14.5. The van der Waals surface area contributed by atoms with E-state index in [0.29, 0.717) is 19.6 Å². The fraction of sp³-hybridized carbons (Fsp3) is 0.406. The van der Waals surface area contributed by atoms with Crippen LogP contribution < -0.4 is 0 Å². The number of aryl methyl sites for hydroxylation is 1. The lowest BCUT2D eigenvalue weighted by Gasteiger charge is -2.51.